The van der Waals surface area contributed by atoms with Gasteiger partial charge in [-0.1, -0.05) is 18.2 Å². The summed E-state index contributed by atoms with van der Waals surface area (Å²) in [5, 5.41) is 12.0. The summed E-state index contributed by atoms with van der Waals surface area (Å²) in [6, 6.07) is 11.0. The summed E-state index contributed by atoms with van der Waals surface area (Å²) in [6.07, 6.45) is 4.98. The number of carbonyl (C=O) groups is 4. The lowest BCUT2D eigenvalue weighted by Gasteiger charge is -2.17. The van der Waals surface area contributed by atoms with Crippen molar-refractivity contribution in [3.8, 4) is 0 Å². The number of nitrogens with zero attached hydrogens (tertiary/aromatic N) is 1. The van der Waals surface area contributed by atoms with Crippen molar-refractivity contribution in [2.75, 3.05) is 10.2 Å². The van der Waals surface area contributed by atoms with Crippen LogP contribution in [0.1, 0.15) is 32.7 Å². The van der Waals surface area contributed by atoms with Crippen LogP contribution in [0.5, 0.6) is 0 Å². The highest BCUT2D eigenvalue weighted by molar-refractivity contribution is 6.23. The molecule has 2 aromatic carbocycles. The standard InChI is InChI=1S/C24H20N2O5/c1-12-17(24(30)31)3-2-4-18(12)25-21(27)13-7-9-16(10-8-13)26-22(28)19-14-5-6-15(11-14)20(19)23(26)29/h2-10,14-15,19-20H,11H2,1H3,(H,25,27)(H,30,31)/t14-,15-,19-,20+/m0/s1. The largest absolute Gasteiger partial charge is 0.478 e. The van der Waals surface area contributed by atoms with E-state index in [1.54, 1.807) is 43.3 Å². The fourth-order valence-electron chi connectivity index (χ4n) is 5.12. The van der Waals surface area contributed by atoms with Crippen molar-refractivity contribution in [3.63, 3.8) is 0 Å². The van der Waals surface area contributed by atoms with Crippen LogP contribution in [0.2, 0.25) is 0 Å². The molecule has 31 heavy (non-hydrogen) atoms. The van der Waals surface area contributed by atoms with E-state index in [2.05, 4.69) is 17.5 Å². The number of carbonyl (C=O) groups excluding carboxylic acids is 3. The lowest BCUT2D eigenvalue weighted by Crippen LogP contribution is -2.32. The first kappa shape index (κ1) is 19.2. The summed E-state index contributed by atoms with van der Waals surface area (Å²) in [4.78, 5) is 51.0. The number of fused-ring (bicyclic) bond motifs is 5. The van der Waals surface area contributed by atoms with E-state index in [0.717, 1.165) is 6.42 Å². The maximum absolute atomic E-state index is 12.9. The first-order valence-corrected chi connectivity index (χ1v) is 10.2. The van der Waals surface area contributed by atoms with Gasteiger partial charge in [-0.15, -0.1) is 0 Å². The highest BCUT2D eigenvalue weighted by atomic mass is 16.4. The molecule has 7 heteroatoms. The van der Waals surface area contributed by atoms with Crippen LogP contribution in [0.15, 0.2) is 54.6 Å². The van der Waals surface area contributed by atoms with Crippen molar-refractivity contribution in [1.29, 1.82) is 0 Å². The minimum absolute atomic E-state index is 0.119. The molecule has 1 aliphatic heterocycles. The van der Waals surface area contributed by atoms with Gasteiger partial charge >= 0.3 is 5.97 Å². The summed E-state index contributed by atoms with van der Waals surface area (Å²) in [7, 11) is 0. The molecule has 1 saturated heterocycles. The van der Waals surface area contributed by atoms with Gasteiger partial charge in [-0.25, -0.2) is 4.79 Å². The van der Waals surface area contributed by atoms with Crippen LogP contribution in [0.3, 0.4) is 0 Å². The SMILES string of the molecule is Cc1c(NC(=O)c2ccc(N3C(=O)[C@@H]4[C@H](C3=O)[C@H]3C=C[C@H]4C3)cc2)cccc1C(=O)O. The Bertz CT molecular complexity index is 1140. The summed E-state index contributed by atoms with van der Waals surface area (Å²) in [5.74, 6) is -2.04. The zero-order chi connectivity index (χ0) is 21.9. The highest BCUT2D eigenvalue weighted by Gasteiger charge is 2.59. The van der Waals surface area contributed by atoms with Crippen molar-refractivity contribution in [2.45, 2.75) is 13.3 Å². The molecule has 2 aromatic rings. The molecule has 5 rings (SSSR count). The Morgan fingerprint density at radius 2 is 1.58 bits per heavy atom. The average Bonchev–Trinajstić information content (AvgIpc) is 3.43. The molecule has 0 radical (unpaired) electrons. The molecule has 7 nitrogen and oxygen atoms in total. The van der Waals surface area contributed by atoms with Crippen LogP contribution in [0, 0.1) is 30.6 Å². The van der Waals surface area contributed by atoms with Crippen molar-refractivity contribution >= 4 is 35.1 Å². The molecule has 156 valence electrons. The van der Waals surface area contributed by atoms with E-state index >= 15 is 0 Å². The average molecular weight is 416 g/mol. The molecule has 0 aromatic heterocycles. The lowest BCUT2D eigenvalue weighted by atomic mass is 9.85. The van der Waals surface area contributed by atoms with Gasteiger partial charge in [0, 0.05) is 11.3 Å². The Kier molecular flexibility index (Phi) is 4.28. The van der Waals surface area contributed by atoms with E-state index in [1.807, 2.05) is 0 Å². The number of imide groups is 1. The van der Waals surface area contributed by atoms with Crippen molar-refractivity contribution in [2.24, 2.45) is 23.7 Å². The van der Waals surface area contributed by atoms with E-state index < -0.39 is 11.9 Å². The first-order chi connectivity index (χ1) is 14.9. The number of hydrogen-bond acceptors (Lipinski definition) is 4. The second kappa shape index (κ2) is 6.91. The van der Waals surface area contributed by atoms with Crippen LogP contribution in [-0.2, 0) is 9.59 Å². The summed E-state index contributed by atoms with van der Waals surface area (Å²) in [5.41, 5.74) is 1.79. The molecule has 2 aliphatic carbocycles. The third-order valence-electron chi connectivity index (χ3n) is 6.67. The second-order valence-corrected chi connectivity index (χ2v) is 8.30. The molecule has 4 atom stereocenters. The third-order valence-corrected chi connectivity index (χ3v) is 6.67. The highest BCUT2D eigenvalue weighted by Crippen LogP contribution is 2.53. The minimum atomic E-state index is -1.06. The normalized spacial score (nSPS) is 25.8. The number of nitrogens with one attached hydrogen (secondary N) is 1. The number of hydrogen-bond donors (Lipinski definition) is 2. The molecule has 0 spiro atoms. The van der Waals surface area contributed by atoms with Gasteiger partial charge < -0.3 is 10.4 Å². The lowest BCUT2D eigenvalue weighted by molar-refractivity contribution is -0.123. The van der Waals surface area contributed by atoms with Crippen molar-refractivity contribution < 1.29 is 24.3 Å². The molecule has 3 aliphatic rings. The molecule has 2 N–H and O–H groups in total. The molecule has 1 saturated carbocycles. The monoisotopic (exact) mass is 416 g/mol. The number of amides is 3. The number of aromatic carboxylic acids is 1. The van der Waals surface area contributed by atoms with E-state index in [0.29, 0.717) is 22.5 Å². The summed E-state index contributed by atoms with van der Waals surface area (Å²) in [6.45, 7) is 1.63. The van der Waals surface area contributed by atoms with Crippen molar-refractivity contribution in [1.82, 2.24) is 0 Å². The van der Waals surface area contributed by atoms with Crippen LogP contribution in [0.25, 0.3) is 0 Å². The smallest absolute Gasteiger partial charge is 0.336 e. The maximum atomic E-state index is 12.9. The predicted molar refractivity (Wildman–Crippen MR) is 113 cm³/mol. The van der Waals surface area contributed by atoms with Gasteiger partial charge in [0.1, 0.15) is 0 Å². The number of anilines is 2. The van der Waals surface area contributed by atoms with Crippen LogP contribution >= 0.6 is 0 Å². The summed E-state index contributed by atoms with van der Waals surface area (Å²) < 4.78 is 0. The van der Waals surface area contributed by atoms with E-state index in [1.165, 1.54) is 11.0 Å². The zero-order valence-corrected chi connectivity index (χ0v) is 16.7. The Morgan fingerprint density at radius 1 is 0.968 bits per heavy atom. The fourth-order valence-corrected chi connectivity index (χ4v) is 5.12. The van der Waals surface area contributed by atoms with Gasteiger partial charge in [0.25, 0.3) is 5.91 Å². The number of allylic oxidation sites excluding steroid dienone is 2. The van der Waals surface area contributed by atoms with Crippen LogP contribution in [-0.4, -0.2) is 28.8 Å². The number of benzene rings is 2. The Morgan fingerprint density at radius 3 is 2.16 bits per heavy atom. The van der Waals surface area contributed by atoms with Gasteiger partial charge in [0.2, 0.25) is 11.8 Å². The molecule has 0 unspecified atom stereocenters. The molecular weight excluding hydrogens is 396 g/mol. The third kappa shape index (κ3) is 2.88. The molecule has 2 bridgehead atoms. The maximum Gasteiger partial charge on any atom is 0.336 e. The zero-order valence-electron chi connectivity index (χ0n) is 16.7. The van der Waals surface area contributed by atoms with Crippen LogP contribution < -0.4 is 10.2 Å². The van der Waals surface area contributed by atoms with E-state index in [4.69, 9.17) is 0 Å². The fraction of sp³-hybridized carbons (Fsp3) is 0.250. The van der Waals surface area contributed by atoms with Gasteiger partial charge in [0.05, 0.1) is 23.1 Å². The quantitative estimate of drug-likeness (QED) is 0.588. The Hall–Kier alpha value is -3.74. The number of rotatable bonds is 4. The number of carboxylic acid groups (broad SMARTS) is 1. The molecule has 1 heterocycles. The second-order valence-electron chi connectivity index (χ2n) is 8.30. The molecule has 2 fully saturated rings. The summed E-state index contributed by atoms with van der Waals surface area (Å²) >= 11 is 0. The number of carboxylic acids is 1. The van der Waals surface area contributed by atoms with E-state index in [9.17, 15) is 24.3 Å². The van der Waals surface area contributed by atoms with Gasteiger partial charge in [0.15, 0.2) is 0 Å². The predicted octanol–water partition coefficient (Wildman–Crippen LogP) is 3.26. The molecular formula is C24H20N2O5. The van der Waals surface area contributed by atoms with Gasteiger partial charge in [-0.3, -0.25) is 19.3 Å². The minimum Gasteiger partial charge on any atom is -0.478 e. The van der Waals surface area contributed by atoms with Gasteiger partial charge in [-0.2, -0.15) is 0 Å². The molecule has 3 amide bonds. The van der Waals surface area contributed by atoms with Crippen LogP contribution in [0.4, 0.5) is 11.4 Å². The van der Waals surface area contributed by atoms with Gasteiger partial charge in [-0.05, 0) is 67.1 Å². The van der Waals surface area contributed by atoms with E-state index in [-0.39, 0.29) is 41.0 Å². The first-order valence-electron chi connectivity index (χ1n) is 10.2. The Balaban J connectivity index is 1.35. The topological polar surface area (TPSA) is 104 Å². The Labute approximate surface area is 178 Å². The van der Waals surface area contributed by atoms with Crippen molar-refractivity contribution in [3.05, 3.63) is 71.3 Å².